The van der Waals surface area contributed by atoms with Crippen LogP contribution < -0.4 is 0 Å². The minimum atomic E-state index is -1.17. The second-order valence-corrected chi connectivity index (χ2v) is 4.07. The van der Waals surface area contributed by atoms with Gasteiger partial charge >= 0.3 is 0 Å². The topological polar surface area (TPSA) is 32.7 Å². The van der Waals surface area contributed by atoms with Crippen LogP contribution in [0.2, 0.25) is 0 Å². The van der Waals surface area contributed by atoms with Gasteiger partial charge in [-0.15, -0.1) is 0 Å². The normalized spacial score (nSPS) is 32.9. The predicted molar refractivity (Wildman–Crippen MR) is 58.4 cm³/mol. The molecule has 1 N–H and O–H groups in total. The molecule has 0 amide bonds. The molecule has 0 aromatic heterocycles. The summed E-state index contributed by atoms with van der Waals surface area (Å²) in [4.78, 5) is 2.11. The maximum absolute atomic E-state index is 10.5. The van der Waals surface area contributed by atoms with Gasteiger partial charge in [-0.3, -0.25) is 4.90 Å². The Bertz CT molecular complexity index is 328. The van der Waals surface area contributed by atoms with Crippen LogP contribution in [0.4, 0.5) is 0 Å². The van der Waals surface area contributed by atoms with E-state index in [1.54, 1.807) is 0 Å². The number of hydrogen-bond acceptors (Lipinski definition) is 3. The maximum Gasteiger partial charge on any atom is 0.208 e. The zero-order valence-electron chi connectivity index (χ0n) is 9.18. The molecule has 1 aromatic carbocycles. The minimum absolute atomic E-state index is 0.0337. The largest absolute Gasteiger partial charge is 0.361 e. The summed E-state index contributed by atoms with van der Waals surface area (Å²) in [5, 5.41) is 10.5. The molecule has 0 saturated carbocycles. The molecule has 0 aliphatic carbocycles. The highest BCUT2D eigenvalue weighted by molar-refractivity contribution is 5.22. The van der Waals surface area contributed by atoms with E-state index in [9.17, 15) is 5.11 Å². The lowest BCUT2D eigenvalue weighted by Crippen LogP contribution is -2.55. The Balaban J connectivity index is 2.32. The number of hydrogen-bond donors (Lipinski definition) is 1. The van der Waals surface area contributed by atoms with Crippen LogP contribution >= 0.6 is 0 Å². The lowest BCUT2D eigenvalue weighted by molar-refractivity contribution is -0.271. The monoisotopic (exact) mass is 207 g/mol. The van der Waals surface area contributed by atoms with Crippen molar-refractivity contribution in [1.82, 2.24) is 4.90 Å². The molecule has 3 heteroatoms. The van der Waals surface area contributed by atoms with E-state index in [2.05, 4.69) is 4.90 Å². The second kappa shape index (κ2) is 3.93. The fourth-order valence-corrected chi connectivity index (χ4v) is 1.96. The molecule has 2 atom stereocenters. The SMILES string of the molecule is C[C@H]1N(C)CCO[C@]1(O)c1ccccc1. The number of likely N-dealkylation sites (N-methyl/N-ethyl adjacent to an activating group) is 1. The molecule has 3 nitrogen and oxygen atoms in total. The van der Waals surface area contributed by atoms with Gasteiger partial charge in [0.2, 0.25) is 5.79 Å². The highest BCUT2D eigenvalue weighted by atomic mass is 16.6. The van der Waals surface area contributed by atoms with Gasteiger partial charge in [-0.25, -0.2) is 0 Å². The van der Waals surface area contributed by atoms with Crippen molar-refractivity contribution < 1.29 is 9.84 Å². The Hall–Kier alpha value is -0.900. The third kappa shape index (κ3) is 1.78. The van der Waals surface area contributed by atoms with E-state index in [0.29, 0.717) is 6.61 Å². The number of rotatable bonds is 1. The van der Waals surface area contributed by atoms with Crippen molar-refractivity contribution in [3.8, 4) is 0 Å². The first kappa shape index (κ1) is 10.6. The summed E-state index contributed by atoms with van der Waals surface area (Å²) in [6, 6.07) is 9.53. The summed E-state index contributed by atoms with van der Waals surface area (Å²) in [6.07, 6.45) is 0. The Labute approximate surface area is 90.3 Å². The van der Waals surface area contributed by atoms with E-state index < -0.39 is 5.79 Å². The van der Waals surface area contributed by atoms with E-state index in [0.717, 1.165) is 12.1 Å². The van der Waals surface area contributed by atoms with E-state index in [1.807, 2.05) is 44.3 Å². The number of aliphatic hydroxyl groups is 1. The van der Waals surface area contributed by atoms with Gasteiger partial charge in [0.05, 0.1) is 12.6 Å². The van der Waals surface area contributed by atoms with Crippen molar-refractivity contribution in [3.63, 3.8) is 0 Å². The van der Waals surface area contributed by atoms with Crippen molar-refractivity contribution in [2.75, 3.05) is 20.2 Å². The Kier molecular flexibility index (Phi) is 2.78. The van der Waals surface area contributed by atoms with Crippen LogP contribution in [0.25, 0.3) is 0 Å². The van der Waals surface area contributed by atoms with E-state index in [-0.39, 0.29) is 6.04 Å². The number of ether oxygens (including phenoxy) is 1. The minimum Gasteiger partial charge on any atom is -0.361 e. The molecule has 0 spiro atoms. The van der Waals surface area contributed by atoms with E-state index in [4.69, 9.17) is 4.74 Å². The molecule has 1 heterocycles. The summed E-state index contributed by atoms with van der Waals surface area (Å²) >= 11 is 0. The molecule has 1 saturated heterocycles. The van der Waals surface area contributed by atoms with E-state index in [1.165, 1.54) is 0 Å². The number of nitrogens with zero attached hydrogens (tertiary/aromatic N) is 1. The molecule has 1 fully saturated rings. The van der Waals surface area contributed by atoms with E-state index >= 15 is 0 Å². The molecule has 2 rings (SSSR count). The Morgan fingerprint density at radius 1 is 1.40 bits per heavy atom. The zero-order chi connectivity index (χ0) is 10.9. The molecule has 82 valence electrons. The average molecular weight is 207 g/mol. The van der Waals surface area contributed by atoms with Gasteiger partial charge in [0, 0.05) is 12.1 Å². The van der Waals surface area contributed by atoms with Crippen molar-refractivity contribution in [2.24, 2.45) is 0 Å². The average Bonchev–Trinajstić information content (AvgIpc) is 2.27. The first-order valence-electron chi connectivity index (χ1n) is 5.26. The fraction of sp³-hybridized carbons (Fsp3) is 0.500. The molecule has 0 unspecified atom stereocenters. The first-order valence-corrected chi connectivity index (χ1v) is 5.26. The molecule has 0 radical (unpaired) electrons. The molecule has 0 bridgehead atoms. The number of benzene rings is 1. The van der Waals surface area contributed by atoms with Gasteiger partial charge in [-0.2, -0.15) is 0 Å². The Morgan fingerprint density at radius 2 is 2.07 bits per heavy atom. The van der Waals surface area contributed by atoms with Crippen molar-refractivity contribution in [1.29, 1.82) is 0 Å². The lowest BCUT2D eigenvalue weighted by atomic mass is 9.97. The predicted octanol–water partition coefficient (Wildman–Crippen LogP) is 1.18. The standard InChI is InChI=1S/C12H17NO2/c1-10-12(14,15-9-8-13(10)2)11-6-4-3-5-7-11/h3-7,10,14H,8-9H2,1-2H3/t10-,12+/m1/s1. The van der Waals surface area contributed by atoms with Crippen LogP contribution in [0.5, 0.6) is 0 Å². The van der Waals surface area contributed by atoms with Crippen LogP contribution in [0.15, 0.2) is 30.3 Å². The molecule has 1 aliphatic rings. The van der Waals surface area contributed by atoms with Crippen molar-refractivity contribution in [3.05, 3.63) is 35.9 Å². The smallest absolute Gasteiger partial charge is 0.208 e. The summed E-state index contributed by atoms with van der Waals surface area (Å²) in [5.74, 6) is -1.17. The fourth-order valence-electron chi connectivity index (χ4n) is 1.96. The van der Waals surface area contributed by atoms with Crippen LogP contribution in [-0.4, -0.2) is 36.2 Å². The third-order valence-corrected chi connectivity index (χ3v) is 3.18. The highest BCUT2D eigenvalue weighted by Crippen LogP contribution is 2.31. The molecular formula is C12H17NO2. The van der Waals surface area contributed by atoms with Gasteiger partial charge in [0.15, 0.2) is 0 Å². The lowest BCUT2D eigenvalue weighted by Gasteiger charge is -2.43. The van der Waals surface area contributed by atoms with Crippen molar-refractivity contribution in [2.45, 2.75) is 18.8 Å². The molecule has 15 heavy (non-hydrogen) atoms. The van der Waals surface area contributed by atoms with Crippen LogP contribution in [-0.2, 0) is 10.5 Å². The summed E-state index contributed by atoms with van der Waals surface area (Å²) in [7, 11) is 2.00. The second-order valence-electron chi connectivity index (χ2n) is 4.07. The van der Waals surface area contributed by atoms with Crippen LogP contribution in [0.1, 0.15) is 12.5 Å². The van der Waals surface area contributed by atoms with Gasteiger partial charge in [0.1, 0.15) is 0 Å². The zero-order valence-corrected chi connectivity index (χ0v) is 9.18. The van der Waals surface area contributed by atoms with Crippen molar-refractivity contribution >= 4 is 0 Å². The third-order valence-electron chi connectivity index (χ3n) is 3.18. The summed E-state index contributed by atoms with van der Waals surface area (Å²) in [5.41, 5.74) is 0.823. The number of morpholine rings is 1. The van der Waals surface area contributed by atoms with Gasteiger partial charge in [-0.1, -0.05) is 30.3 Å². The molecule has 1 aromatic rings. The van der Waals surface area contributed by atoms with Gasteiger partial charge in [-0.05, 0) is 14.0 Å². The molecular weight excluding hydrogens is 190 g/mol. The van der Waals surface area contributed by atoms with Crippen LogP contribution in [0.3, 0.4) is 0 Å². The highest BCUT2D eigenvalue weighted by Gasteiger charge is 2.41. The quantitative estimate of drug-likeness (QED) is 0.750. The first-order chi connectivity index (χ1) is 7.14. The van der Waals surface area contributed by atoms with Gasteiger partial charge < -0.3 is 9.84 Å². The summed E-state index contributed by atoms with van der Waals surface area (Å²) in [6.45, 7) is 3.40. The van der Waals surface area contributed by atoms with Crippen LogP contribution in [0, 0.1) is 0 Å². The maximum atomic E-state index is 10.5. The Morgan fingerprint density at radius 3 is 2.73 bits per heavy atom. The molecule has 1 aliphatic heterocycles. The van der Waals surface area contributed by atoms with Gasteiger partial charge in [0.25, 0.3) is 0 Å². The summed E-state index contributed by atoms with van der Waals surface area (Å²) < 4.78 is 5.55.